The molecule has 1 aromatic heterocycles. The van der Waals surface area contributed by atoms with Crippen molar-refractivity contribution in [1.29, 1.82) is 0 Å². The van der Waals surface area contributed by atoms with Gasteiger partial charge in [-0.05, 0) is 47.5 Å². The molecule has 0 radical (unpaired) electrons. The topological polar surface area (TPSA) is 98.6 Å². The third-order valence-corrected chi connectivity index (χ3v) is 6.89. The van der Waals surface area contributed by atoms with E-state index >= 15 is 0 Å². The number of rotatable bonds is 10. The zero-order valence-corrected chi connectivity index (χ0v) is 23.3. The molecule has 10 heteroatoms. The smallest absolute Gasteiger partial charge is 0.251 e. The van der Waals surface area contributed by atoms with Gasteiger partial charge in [0.2, 0.25) is 5.91 Å². The van der Waals surface area contributed by atoms with Crippen molar-refractivity contribution in [3.63, 3.8) is 0 Å². The number of aromatic nitrogens is 3. The Bertz CT molecular complexity index is 1660. The van der Waals surface area contributed by atoms with E-state index in [2.05, 4.69) is 15.6 Å². The highest BCUT2D eigenvalue weighted by molar-refractivity contribution is 6.30. The zero-order valence-electron chi connectivity index (χ0n) is 22.5. The number of halogens is 1. The third kappa shape index (κ3) is 6.31. The van der Waals surface area contributed by atoms with Crippen LogP contribution in [0.15, 0.2) is 97.1 Å². The molecule has 0 aliphatic rings. The first-order chi connectivity index (χ1) is 20.0. The number of hydrogen-bond donors (Lipinski definition) is 1. The van der Waals surface area contributed by atoms with Crippen LogP contribution in [-0.4, -0.2) is 45.9 Å². The Kier molecular flexibility index (Phi) is 8.45. The summed E-state index contributed by atoms with van der Waals surface area (Å²) < 4.78 is 12.3. The van der Waals surface area contributed by atoms with E-state index in [9.17, 15) is 9.59 Å². The van der Waals surface area contributed by atoms with Crippen molar-refractivity contribution in [1.82, 2.24) is 19.9 Å². The van der Waals surface area contributed by atoms with Crippen molar-refractivity contribution in [2.75, 3.05) is 19.5 Å². The quantitative estimate of drug-likeness (QED) is 0.238. The van der Waals surface area contributed by atoms with Gasteiger partial charge in [-0.25, -0.2) is 4.68 Å². The van der Waals surface area contributed by atoms with Crippen molar-refractivity contribution in [3.8, 4) is 11.5 Å². The molecule has 0 aliphatic heterocycles. The Labute approximate surface area is 242 Å². The molecule has 1 atom stereocenters. The van der Waals surface area contributed by atoms with Gasteiger partial charge in [0.05, 0.1) is 25.4 Å². The summed E-state index contributed by atoms with van der Waals surface area (Å²) >= 11 is 6.19. The number of anilines is 1. The second kappa shape index (κ2) is 12.5. The lowest BCUT2D eigenvalue weighted by Crippen LogP contribution is -2.42. The number of methoxy groups -OCH3 is 2. The molecule has 5 rings (SSSR count). The number of para-hydroxylation sites is 1. The number of amides is 2. The van der Waals surface area contributed by atoms with Crippen molar-refractivity contribution < 1.29 is 19.1 Å². The summed E-state index contributed by atoms with van der Waals surface area (Å²) in [5.74, 6) is 0.252. The predicted octanol–water partition coefficient (Wildman–Crippen LogP) is 5.51. The third-order valence-electron chi connectivity index (χ3n) is 6.63. The summed E-state index contributed by atoms with van der Waals surface area (Å²) in [7, 11) is 3.06. The average Bonchev–Trinajstić information content (AvgIpc) is 3.41. The predicted molar refractivity (Wildman–Crippen MR) is 157 cm³/mol. The fraction of sp³-hybridized carbons (Fsp3) is 0.161. The Morgan fingerprint density at radius 1 is 0.927 bits per heavy atom. The number of fused-ring (bicyclic) bond motifs is 1. The molecular formula is C31H28ClN5O4. The Morgan fingerprint density at radius 2 is 1.66 bits per heavy atom. The fourth-order valence-corrected chi connectivity index (χ4v) is 4.70. The van der Waals surface area contributed by atoms with Crippen LogP contribution in [0.5, 0.6) is 11.5 Å². The Hall–Kier alpha value is -4.89. The summed E-state index contributed by atoms with van der Waals surface area (Å²) in [6.45, 7) is 0.0589. The Morgan fingerprint density at radius 3 is 2.39 bits per heavy atom. The maximum absolute atomic E-state index is 14.1. The molecule has 0 saturated heterocycles. The van der Waals surface area contributed by atoms with Crippen LogP contribution in [0.25, 0.3) is 11.0 Å². The van der Waals surface area contributed by atoms with Gasteiger partial charge in [-0.15, -0.1) is 5.10 Å². The summed E-state index contributed by atoms with van der Waals surface area (Å²) in [5, 5.41) is 11.8. The number of ether oxygens (including phenoxy) is 2. The lowest BCUT2D eigenvalue weighted by Gasteiger charge is -2.32. The van der Waals surface area contributed by atoms with Gasteiger partial charge in [0, 0.05) is 17.6 Å². The highest BCUT2D eigenvalue weighted by atomic mass is 35.5. The van der Waals surface area contributed by atoms with Gasteiger partial charge in [-0.2, -0.15) is 0 Å². The molecule has 0 saturated carbocycles. The number of carbonyl (C=O) groups excluding carboxylic acids is 2. The number of hydrogen-bond acceptors (Lipinski definition) is 6. The van der Waals surface area contributed by atoms with E-state index in [1.807, 2.05) is 54.6 Å². The molecule has 5 aromatic rings. The molecule has 4 aromatic carbocycles. The second-order valence-electron chi connectivity index (χ2n) is 9.25. The summed E-state index contributed by atoms with van der Waals surface area (Å²) in [6.07, 6.45) is 0. The minimum Gasteiger partial charge on any atom is -0.497 e. The van der Waals surface area contributed by atoms with Crippen molar-refractivity contribution in [2.24, 2.45) is 0 Å². The van der Waals surface area contributed by atoms with Crippen LogP contribution in [0.3, 0.4) is 0 Å². The molecule has 0 aliphatic carbocycles. The molecule has 2 amide bonds. The van der Waals surface area contributed by atoms with Crippen LogP contribution >= 0.6 is 11.6 Å². The van der Waals surface area contributed by atoms with E-state index in [0.717, 1.165) is 11.1 Å². The molecule has 0 unspecified atom stereocenters. The number of benzene rings is 4. The first-order valence-electron chi connectivity index (χ1n) is 12.9. The van der Waals surface area contributed by atoms with Crippen LogP contribution in [0, 0.1) is 0 Å². The van der Waals surface area contributed by atoms with E-state index in [1.54, 1.807) is 59.2 Å². The van der Waals surface area contributed by atoms with Gasteiger partial charge >= 0.3 is 0 Å². The molecule has 9 nitrogen and oxygen atoms in total. The maximum Gasteiger partial charge on any atom is 0.251 e. The number of carbonyl (C=O) groups is 2. The van der Waals surface area contributed by atoms with Gasteiger partial charge < -0.3 is 19.7 Å². The molecule has 0 fully saturated rings. The lowest BCUT2D eigenvalue weighted by molar-refractivity contribution is -0.140. The highest BCUT2D eigenvalue weighted by Crippen LogP contribution is 2.32. The monoisotopic (exact) mass is 569 g/mol. The zero-order chi connectivity index (χ0) is 28.8. The SMILES string of the molecule is COc1ccc(NC(=O)[C@H](c2ccc(Cl)cc2)N(Cc2ccccc2)C(=O)Cn2nnc3ccccc32)c(OC)c1. The average molecular weight is 570 g/mol. The first-order valence-corrected chi connectivity index (χ1v) is 13.2. The maximum atomic E-state index is 14.1. The molecule has 1 heterocycles. The van der Waals surface area contributed by atoms with Crippen LogP contribution in [0.4, 0.5) is 5.69 Å². The minimum absolute atomic E-state index is 0.115. The van der Waals surface area contributed by atoms with Crippen LogP contribution < -0.4 is 14.8 Å². The Balaban J connectivity index is 1.55. The standard InChI is InChI=1S/C31H28ClN5O4/c1-40-24-16-17-26(28(18-24)41-2)33-31(39)30(22-12-14-23(32)15-13-22)36(19-21-8-4-3-5-9-21)29(38)20-37-27-11-7-6-10-25(27)34-35-37/h3-18,30H,19-20H2,1-2H3,(H,33,39)/t30-/m0/s1. The van der Waals surface area contributed by atoms with Crippen LogP contribution in [0.2, 0.25) is 5.02 Å². The molecule has 41 heavy (non-hydrogen) atoms. The van der Waals surface area contributed by atoms with Crippen LogP contribution in [-0.2, 0) is 22.7 Å². The molecule has 0 spiro atoms. The summed E-state index contributed by atoms with van der Waals surface area (Å²) in [5.41, 5.74) is 3.28. The van der Waals surface area contributed by atoms with Gasteiger partial charge in [-0.3, -0.25) is 9.59 Å². The molecule has 1 N–H and O–H groups in total. The van der Waals surface area contributed by atoms with E-state index in [1.165, 1.54) is 7.11 Å². The van der Waals surface area contributed by atoms with E-state index in [0.29, 0.717) is 33.3 Å². The van der Waals surface area contributed by atoms with E-state index < -0.39 is 11.9 Å². The van der Waals surface area contributed by atoms with Gasteiger partial charge in [0.1, 0.15) is 29.6 Å². The second-order valence-corrected chi connectivity index (χ2v) is 9.69. The van der Waals surface area contributed by atoms with Gasteiger partial charge in [0.25, 0.3) is 5.91 Å². The van der Waals surface area contributed by atoms with E-state index in [4.69, 9.17) is 21.1 Å². The number of nitrogens with zero attached hydrogens (tertiary/aromatic N) is 4. The summed E-state index contributed by atoms with van der Waals surface area (Å²) in [6, 6.07) is 27.9. The van der Waals surface area contributed by atoms with Crippen LogP contribution in [0.1, 0.15) is 17.2 Å². The van der Waals surface area contributed by atoms with Gasteiger partial charge in [-0.1, -0.05) is 71.4 Å². The number of nitrogens with one attached hydrogen (secondary N) is 1. The minimum atomic E-state index is -1.01. The lowest BCUT2D eigenvalue weighted by atomic mass is 10.0. The normalized spacial score (nSPS) is 11.6. The first kappa shape index (κ1) is 27.7. The van der Waals surface area contributed by atoms with Gasteiger partial charge in [0.15, 0.2) is 0 Å². The summed E-state index contributed by atoms with van der Waals surface area (Å²) in [4.78, 5) is 29.7. The fourth-order valence-electron chi connectivity index (χ4n) is 4.58. The molecule has 0 bridgehead atoms. The highest BCUT2D eigenvalue weighted by Gasteiger charge is 2.33. The molecule has 208 valence electrons. The van der Waals surface area contributed by atoms with Crippen molar-refractivity contribution in [2.45, 2.75) is 19.1 Å². The van der Waals surface area contributed by atoms with E-state index in [-0.39, 0.29) is 19.0 Å². The largest absolute Gasteiger partial charge is 0.497 e. The van der Waals surface area contributed by atoms with Crippen molar-refractivity contribution >= 4 is 40.1 Å². The van der Waals surface area contributed by atoms with Crippen molar-refractivity contribution in [3.05, 3.63) is 113 Å². The molecular weight excluding hydrogens is 542 g/mol.